The van der Waals surface area contributed by atoms with Crippen LogP contribution in [-0.2, 0) is 28.4 Å². The van der Waals surface area contributed by atoms with E-state index in [4.69, 9.17) is 0 Å². The topological polar surface area (TPSA) is 102 Å². The van der Waals surface area contributed by atoms with E-state index >= 15 is 0 Å². The van der Waals surface area contributed by atoms with E-state index in [0.29, 0.717) is 12.1 Å². The van der Waals surface area contributed by atoms with Gasteiger partial charge >= 0.3 is 6.03 Å². The van der Waals surface area contributed by atoms with Crippen LogP contribution < -0.4 is 14.9 Å². The molecule has 9 heteroatoms. The summed E-state index contributed by atoms with van der Waals surface area (Å²) in [5, 5.41) is 12.3. The van der Waals surface area contributed by atoms with Crippen molar-refractivity contribution in [2.45, 2.75) is 55.9 Å². The lowest BCUT2D eigenvalue weighted by molar-refractivity contribution is 0.245. The number of anilines is 1. The van der Waals surface area contributed by atoms with Crippen LogP contribution in [0.3, 0.4) is 0 Å². The third-order valence-electron chi connectivity index (χ3n) is 8.08. The minimum absolute atomic E-state index is 0.0124. The number of carbonyl (C=O) groups excluding carboxylic acids is 1. The molecule has 0 atom stereocenters. The van der Waals surface area contributed by atoms with Gasteiger partial charge in [0.05, 0.1) is 17.4 Å². The average molecular weight is 547 g/mol. The number of nitrogens with one attached hydrogen (secondary N) is 2. The number of nitrogens with zero attached hydrogens (tertiary/aromatic N) is 2. The number of benzene rings is 3. The largest absolute Gasteiger partial charge is 0.334 e. The lowest BCUT2D eigenvalue weighted by Crippen LogP contribution is -2.41. The summed E-state index contributed by atoms with van der Waals surface area (Å²) in [6, 6.07) is 17.4. The SMILES string of the molecule is CNS(=O)(=O)c1ccc(CNC(=O)N2CC3(CCCC3)c3cc(-c4c(C)ccc(F)c4CC#N)ccc32)cc1. The second kappa shape index (κ2) is 10.4. The molecule has 1 fully saturated rings. The van der Waals surface area contributed by atoms with Crippen LogP contribution in [0.5, 0.6) is 0 Å². The Labute approximate surface area is 228 Å². The Morgan fingerprint density at radius 1 is 1.10 bits per heavy atom. The van der Waals surface area contributed by atoms with Crippen LogP contribution in [0.1, 0.15) is 47.9 Å². The first kappa shape index (κ1) is 26.9. The molecule has 0 bridgehead atoms. The van der Waals surface area contributed by atoms with Crippen LogP contribution in [-0.4, -0.2) is 28.0 Å². The van der Waals surface area contributed by atoms with E-state index in [1.807, 2.05) is 19.1 Å². The molecule has 1 saturated carbocycles. The quantitative estimate of drug-likeness (QED) is 0.437. The molecule has 7 nitrogen and oxygen atoms in total. The Bertz CT molecular complexity index is 1570. The van der Waals surface area contributed by atoms with Crippen LogP contribution in [0.15, 0.2) is 59.5 Å². The number of carbonyl (C=O) groups is 1. The molecular weight excluding hydrogens is 515 g/mol. The smallest absolute Gasteiger partial charge is 0.322 e. The zero-order valence-corrected chi connectivity index (χ0v) is 22.9. The van der Waals surface area contributed by atoms with Crippen LogP contribution in [0.4, 0.5) is 14.9 Å². The monoisotopic (exact) mass is 546 g/mol. The van der Waals surface area contributed by atoms with Gasteiger partial charge in [-0.2, -0.15) is 5.26 Å². The zero-order valence-electron chi connectivity index (χ0n) is 22.1. The average Bonchev–Trinajstić information content (AvgIpc) is 3.55. The summed E-state index contributed by atoms with van der Waals surface area (Å²) in [4.78, 5) is 15.4. The molecule has 39 heavy (non-hydrogen) atoms. The molecule has 1 aliphatic heterocycles. The number of urea groups is 1. The molecule has 2 amide bonds. The van der Waals surface area contributed by atoms with Crippen molar-refractivity contribution in [3.05, 3.63) is 82.7 Å². The van der Waals surface area contributed by atoms with E-state index in [0.717, 1.165) is 59.2 Å². The van der Waals surface area contributed by atoms with E-state index in [1.165, 1.54) is 25.2 Å². The number of hydrogen-bond acceptors (Lipinski definition) is 4. The summed E-state index contributed by atoms with van der Waals surface area (Å²) in [5.41, 5.74) is 5.51. The fourth-order valence-corrected chi connectivity index (χ4v) is 6.79. The first-order valence-corrected chi connectivity index (χ1v) is 14.5. The number of halogens is 1. The van der Waals surface area contributed by atoms with Gasteiger partial charge in [0.1, 0.15) is 5.82 Å². The fourth-order valence-electron chi connectivity index (χ4n) is 6.06. The number of amides is 2. The highest BCUT2D eigenvalue weighted by Gasteiger charge is 2.46. The Hall–Kier alpha value is -3.74. The molecule has 0 unspecified atom stereocenters. The summed E-state index contributed by atoms with van der Waals surface area (Å²) in [6.07, 6.45) is 4.10. The molecule has 5 rings (SSSR count). The second-order valence-electron chi connectivity index (χ2n) is 10.4. The van der Waals surface area contributed by atoms with Crippen molar-refractivity contribution < 1.29 is 17.6 Å². The van der Waals surface area contributed by atoms with Gasteiger partial charge < -0.3 is 5.32 Å². The van der Waals surface area contributed by atoms with Crippen molar-refractivity contribution in [1.29, 1.82) is 5.26 Å². The Balaban J connectivity index is 1.43. The van der Waals surface area contributed by atoms with Gasteiger partial charge in [0.25, 0.3) is 0 Å². The molecular formula is C30H31FN4O3S. The standard InChI is InChI=1S/C30H31FN4O3S/c1-20-5-11-26(31)24(13-16-32)28(20)22-8-12-27-25(17-22)30(14-3-4-15-30)19-35(27)29(36)34-18-21-6-9-23(10-7-21)39(37,38)33-2/h5-12,17,33H,3-4,13-15,18-19H2,1-2H3,(H,34,36). The first-order chi connectivity index (χ1) is 18.7. The summed E-state index contributed by atoms with van der Waals surface area (Å²) >= 11 is 0. The molecule has 3 aromatic carbocycles. The highest BCUT2D eigenvalue weighted by Crippen LogP contribution is 2.51. The predicted octanol–water partition coefficient (Wildman–Crippen LogP) is 5.32. The van der Waals surface area contributed by atoms with Crippen molar-refractivity contribution >= 4 is 21.7 Å². The molecule has 0 saturated heterocycles. The van der Waals surface area contributed by atoms with Crippen molar-refractivity contribution in [1.82, 2.24) is 10.0 Å². The molecule has 3 aromatic rings. The highest BCUT2D eigenvalue weighted by atomic mass is 32.2. The molecule has 1 spiro atoms. The minimum atomic E-state index is -3.52. The minimum Gasteiger partial charge on any atom is -0.334 e. The van der Waals surface area contributed by atoms with Crippen LogP contribution in [0.25, 0.3) is 11.1 Å². The van der Waals surface area contributed by atoms with Crippen molar-refractivity contribution in [2.75, 3.05) is 18.5 Å². The van der Waals surface area contributed by atoms with Gasteiger partial charge in [-0.05, 0) is 85.0 Å². The van der Waals surface area contributed by atoms with E-state index in [9.17, 15) is 22.9 Å². The molecule has 2 N–H and O–H groups in total. The number of hydrogen-bond donors (Lipinski definition) is 2. The van der Waals surface area contributed by atoms with E-state index in [1.54, 1.807) is 23.1 Å². The number of nitriles is 1. The number of sulfonamides is 1. The normalized spacial score (nSPS) is 15.8. The summed E-state index contributed by atoms with van der Waals surface area (Å²) in [6.45, 7) is 2.76. The summed E-state index contributed by atoms with van der Waals surface area (Å²) in [5.74, 6) is -0.383. The van der Waals surface area contributed by atoms with Crippen LogP contribution in [0.2, 0.25) is 0 Å². The third kappa shape index (κ3) is 4.90. The van der Waals surface area contributed by atoms with Crippen LogP contribution in [0, 0.1) is 24.1 Å². The molecule has 0 aromatic heterocycles. The summed E-state index contributed by atoms with van der Waals surface area (Å²) in [7, 11) is -2.16. The number of aryl methyl sites for hydroxylation is 1. The first-order valence-electron chi connectivity index (χ1n) is 13.1. The van der Waals surface area contributed by atoms with Gasteiger partial charge in [-0.15, -0.1) is 0 Å². The van der Waals surface area contributed by atoms with Gasteiger partial charge in [-0.1, -0.05) is 37.1 Å². The Morgan fingerprint density at radius 2 is 1.82 bits per heavy atom. The lowest BCUT2D eigenvalue weighted by Gasteiger charge is -2.25. The fraction of sp³-hybridized carbons (Fsp3) is 0.333. The van der Waals surface area contributed by atoms with E-state index < -0.39 is 10.0 Å². The van der Waals surface area contributed by atoms with Crippen molar-refractivity contribution in [3.8, 4) is 17.2 Å². The maximum absolute atomic E-state index is 14.7. The van der Waals surface area contributed by atoms with Crippen LogP contribution >= 0.6 is 0 Å². The van der Waals surface area contributed by atoms with Gasteiger partial charge in [0, 0.05) is 29.8 Å². The van der Waals surface area contributed by atoms with Gasteiger partial charge in [0.15, 0.2) is 0 Å². The highest BCUT2D eigenvalue weighted by molar-refractivity contribution is 7.89. The van der Waals surface area contributed by atoms with Gasteiger partial charge in [0.2, 0.25) is 10.0 Å². The van der Waals surface area contributed by atoms with Crippen molar-refractivity contribution in [3.63, 3.8) is 0 Å². The maximum atomic E-state index is 14.7. The molecule has 2 aliphatic rings. The predicted molar refractivity (Wildman–Crippen MR) is 148 cm³/mol. The van der Waals surface area contributed by atoms with Gasteiger partial charge in [-0.3, -0.25) is 4.90 Å². The molecule has 1 aliphatic carbocycles. The Morgan fingerprint density at radius 3 is 2.49 bits per heavy atom. The maximum Gasteiger partial charge on any atom is 0.322 e. The lowest BCUT2D eigenvalue weighted by atomic mass is 9.79. The molecule has 202 valence electrons. The van der Waals surface area contributed by atoms with Crippen molar-refractivity contribution in [2.24, 2.45) is 0 Å². The second-order valence-corrected chi connectivity index (χ2v) is 12.3. The third-order valence-corrected chi connectivity index (χ3v) is 9.51. The van der Waals surface area contributed by atoms with E-state index in [-0.39, 0.29) is 35.1 Å². The number of fused-ring (bicyclic) bond motifs is 2. The zero-order chi connectivity index (χ0) is 27.8. The Kier molecular flexibility index (Phi) is 7.19. The number of rotatable bonds is 6. The summed E-state index contributed by atoms with van der Waals surface area (Å²) < 4.78 is 41.0. The molecule has 0 radical (unpaired) electrons. The van der Waals surface area contributed by atoms with Gasteiger partial charge in [-0.25, -0.2) is 22.3 Å². The van der Waals surface area contributed by atoms with E-state index in [2.05, 4.69) is 22.2 Å². The molecule has 1 heterocycles.